The van der Waals surface area contributed by atoms with E-state index in [0.717, 1.165) is 32.1 Å². The fraction of sp³-hybridized carbons (Fsp3) is 0.875. The van der Waals surface area contributed by atoms with Crippen molar-refractivity contribution < 1.29 is 19.4 Å². The van der Waals surface area contributed by atoms with Gasteiger partial charge in [0, 0.05) is 12.6 Å². The van der Waals surface area contributed by atoms with Crippen molar-refractivity contribution in [3.05, 3.63) is 0 Å². The summed E-state index contributed by atoms with van der Waals surface area (Å²) in [5.41, 5.74) is 0. The van der Waals surface area contributed by atoms with E-state index in [1.807, 2.05) is 6.92 Å². The molecular formula is C16H25NO4. The zero-order valence-electron chi connectivity index (χ0n) is 12.7. The Morgan fingerprint density at radius 2 is 1.86 bits per heavy atom. The van der Waals surface area contributed by atoms with Gasteiger partial charge in [-0.1, -0.05) is 12.8 Å². The summed E-state index contributed by atoms with van der Waals surface area (Å²) < 4.78 is 5.51. The van der Waals surface area contributed by atoms with Crippen LogP contribution in [0.4, 0.5) is 0 Å². The number of hydrogen-bond acceptors (Lipinski definition) is 3. The molecule has 0 aromatic rings. The highest BCUT2D eigenvalue weighted by atomic mass is 16.5. The number of fused-ring (bicyclic) bond motifs is 1. The second-order valence-electron chi connectivity index (χ2n) is 6.76. The third-order valence-corrected chi connectivity index (χ3v) is 5.61. The summed E-state index contributed by atoms with van der Waals surface area (Å²) >= 11 is 0. The smallest absolute Gasteiger partial charge is 0.326 e. The number of amides is 1. The van der Waals surface area contributed by atoms with E-state index in [1.165, 1.54) is 6.42 Å². The Morgan fingerprint density at radius 3 is 2.52 bits per heavy atom. The molecule has 21 heavy (non-hydrogen) atoms. The van der Waals surface area contributed by atoms with Crippen molar-refractivity contribution in [1.82, 2.24) is 4.90 Å². The summed E-state index contributed by atoms with van der Waals surface area (Å²) in [5, 5.41) is 9.53. The van der Waals surface area contributed by atoms with Crippen LogP contribution < -0.4 is 0 Å². The van der Waals surface area contributed by atoms with Gasteiger partial charge in [-0.15, -0.1) is 0 Å². The van der Waals surface area contributed by atoms with Crippen LogP contribution in [0, 0.1) is 11.8 Å². The minimum atomic E-state index is -0.848. The lowest BCUT2D eigenvalue weighted by Crippen LogP contribution is -2.59. The molecule has 0 radical (unpaired) electrons. The van der Waals surface area contributed by atoms with Crippen LogP contribution >= 0.6 is 0 Å². The van der Waals surface area contributed by atoms with Crippen LogP contribution in [-0.2, 0) is 14.3 Å². The van der Waals surface area contributed by atoms with Crippen molar-refractivity contribution in [2.75, 3.05) is 6.61 Å². The van der Waals surface area contributed by atoms with Gasteiger partial charge in [0.15, 0.2) is 0 Å². The van der Waals surface area contributed by atoms with E-state index in [1.54, 1.807) is 4.90 Å². The van der Waals surface area contributed by atoms with E-state index in [-0.39, 0.29) is 24.0 Å². The molecule has 3 rings (SSSR count). The van der Waals surface area contributed by atoms with Crippen LogP contribution in [0.3, 0.4) is 0 Å². The molecule has 2 aliphatic heterocycles. The van der Waals surface area contributed by atoms with Crippen molar-refractivity contribution in [3.8, 4) is 0 Å². The Hall–Kier alpha value is -1.10. The normalized spacial score (nSPS) is 39.9. The standard InChI is InChI=1S/C16H25NO4/c1-10-12(8-9-21-10)15(18)17-13-5-3-2-4-11(13)6-7-14(17)16(19)20/h10-14H,2-9H2,1H3,(H,19,20). The second kappa shape index (κ2) is 5.95. The van der Waals surface area contributed by atoms with Crippen LogP contribution in [0.1, 0.15) is 51.9 Å². The summed E-state index contributed by atoms with van der Waals surface area (Å²) in [5.74, 6) is -0.494. The Kier molecular flexibility index (Phi) is 4.20. The van der Waals surface area contributed by atoms with E-state index in [9.17, 15) is 14.7 Å². The minimum absolute atomic E-state index is 0.0176. The van der Waals surface area contributed by atoms with E-state index in [4.69, 9.17) is 4.74 Å². The van der Waals surface area contributed by atoms with Gasteiger partial charge in [0.1, 0.15) is 6.04 Å². The molecular weight excluding hydrogens is 270 g/mol. The Balaban J connectivity index is 1.85. The maximum atomic E-state index is 13.0. The SMILES string of the molecule is CC1OCCC1C(=O)N1C(C(=O)O)CCC2CCCCC21. The van der Waals surface area contributed by atoms with Gasteiger partial charge in [0.25, 0.3) is 0 Å². The predicted molar refractivity (Wildman–Crippen MR) is 76.8 cm³/mol. The zero-order valence-corrected chi connectivity index (χ0v) is 12.7. The lowest BCUT2D eigenvalue weighted by molar-refractivity contribution is -0.161. The number of ether oxygens (including phenoxy) is 1. The quantitative estimate of drug-likeness (QED) is 0.846. The molecule has 5 nitrogen and oxygen atoms in total. The van der Waals surface area contributed by atoms with Crippen LogP contribution in [-0.4, -0.2) is 46.7 Å². The number of piperidine rings is 1. The second-order valence-corrected chi connectivity index (χ2v) is 6.76. The first kappa shape index (κ1) is 14.8. The summed E-state index contributed by atoms with van der Waals surface area (Å²) in [7, 11) is 0. The number of likely N-dealkylation sites (tertiary alicyclic amines) is 1. The number of carbonyl (C=O) groups is 2. The largest absolute Gasteiger partial charge is 0.480 e. The Morgan fingerprint density at radius 1 is 1.10 bits per heavy atom. The molecule has 2 saturated heterocycles. The van der Waals surface area contributed by atoms with E-state index < -0.39 is 12.0 Å². The first-order valence-electron chi connectivity index (χ1n) is 8.26. The molecule has 118 valence electrons. The molecule has 0 spiro atoms. The van der Waals surface area contributed by atoms with Gasteiger partial charge in [-0.25, -0.2) is 4.79 Å². The molecule has 0 aromatic carbocycles. The van der Waals surface area contributed by atoms with E-state index in [2.05, 4.69) is 0 Å². The number of aliphatic carboxylic acids is 1. The minimum Gasteiger partial charge on any atom is -0.480 e. The third kappa shape index (κ3) is 2.68. The van der Waals surface area contributed by atoms with Crippen LogP contribution in [0.2, 0.25) is 0 Å². The van der Waals surface area contributed by atoms with E-state index >= 15 is 0 Å². The lowest BCUT2D eigenvalue weighted by Gasteiger charge is -2.48. The average molecular weight is 295 g/mol. The highest BCUT2D eigenvalue weighted by molar-refractivity contribution is 5.86. The first-order valence-corrected chi connectivity index (χ1v) is 8.26. The highest BCUT2D eigenvalue weighted by Crippen LogP contribution is 2.39. The van der Waals surface area contributed by atoms with Crippen molar-refractivity contribution in [2.24, 2.45) is 11.8 Å². The molecule has 0 aromatic heterocycles. The topological polar surface area (TPSA) is 66.8 Å². The lowest BCUT2D eigenvalue weighted by atomic mass is 9.75. The number of rotatable bonds is 2. The molecule has 0 bridgehead atoms. The third-order valence-electron chi connectivity index (χ3n) is 5.61. The Labute approximate surface area is 125 Å². The number of nitrogens with zero attached hydrogens (tertiary/aromatic N) is 1. The summed E-state index contributed by atoms with van der Waals surface area (Å²) in [4.78, 5) is 26.3. The summed E-state index contributed by atoms with van der Waals surface area (Å²) in [6, 6.07) is -0.501. The molecule has 1 aliphatic carbocycles. The van der Waals surface area contributed by atoms with Gasteiger partial charge in [0.2, 0.25) is 5.91 Å². The van der Waals surface area contributed by atoms with Gasteiger partial charge in [-0.05, 0) is 44.9 Å². The maximum Gasteiger partial charge on any atom is 0.326 e. The number of carboxylic acid groups (broad SMARTS) is 1. The van der Waals surface area contributed by atoms with Crippen molar-refractivity contribution in [1.29, 1.82) is 0 Å². The first-order chi connectivity index (χ1) is 10.1. The van der Waals surface area contributed by atoms with Crippen molar-refractivity contribution in [3.63, 3.8) is 0 Å². The van der Waals surface area contributed by atoms with E-state index in [0.29, 0.717) is 18.9 Å². The number of carbonyl (C=O) groups excluding carboxylic acids is 1. The van der Waals surface area contributed by atoms with Gasteiger partial charge in [0.05, 0.1) is 12.0 Å². The molecule has 1 saturated carbocycles. The van der Waals surface area contributed by atoms with Gasteiger partial charge in [-0.3, -0.25) is 4.79 Å². The molecule has 5 atom stereocenters. The van der Waals surface area contributed by atoms with Gasteiger partial charge < -0.3 is 14.7 Å². The molecule has 2 heterocycles. The maximum absolute atomic E-state index is 13.0. The number of carboxylic acids is 1. The predicted octanol–water partition coefficient (Wildman–Crippen LogP) is 2.05. The van der Waals surface area contributed by atoms with Crippen molar-refractivity contribution >= 4 is 11.9 Å². The zero-order chi connectivity index (χ0) is 15.0. The van der Waals surface area contributed by atoms with Gasteiger partial charge >= 0.3 is 5.97 Å². The molecule has 5 unspecified atom stereocenters. The monoisotopic (exact) mass is 295 g/mol. The molecule has 3 fully saturated rings. The average Bonchev–Trinajstić information content (AvgIpc) is 2.91. The summed E-state index contributed by atoms with van der Waals surface area (Å²) in [6.07, 6.45) is 6.60. The molecule has 3 aliphatic rings. The Bertz CT molecular complexity index is 425. The van der Waals surface area contributed by atoms with Crippen LogP contribution in [0.15, 0.2) is 0 Å². The highest BCUT2D eigenvalue weighted by Gasteiger charge is 2.46. The van der Waals surface area contributed by atoms with Gasteiger partial charge in [-0.2, -0.15) is 0 Å². The van der Waals surface area contributed by atoms with Crippen molar-refractivity contribution in [2.45, 2.75) is 70.1 Å². The van der Waals surface area contributed by atoms with Crippen LogP contribution in [0.25, 0.3) is 0 Å². The fourth-order valence-corrected chi connectivity index (χ4v) is 4.44. The molecule has 1 N–H and O–H groups in total. The number of hydrogen-bond donors (Lipinski definition) is 1. The summed E-state index contributed by atoms with van der Waals surface area (Å²) in [6.45, 7) is 2.53. The molecule has 1 amide bonds. The fourth-order valence-electron chi connectivity index (χ4n) is 4.44. The van der Waals surface area contributed by atoms with Crippen LogP contribution in [0.5, 0.6) is 0 Å². The molecule has 5 heteroatoms.